The van der Waals surface area contributed by atoms with E-state index in [1.54, 1.807) is 26.0 Å². The van der Waals surface area contributed by atoms with E-state index in [0.29, 0.717) is 23.9 Å². The van der Waals surface area contributed by atoms with Gasteiger partial charge >= 0.3 is 5.97 Å². The molecule has 1 aromatic heterocycles. The van der Waals surface area contributed by atoms with Gasteiger partial charge in [-0.05, 0) is 83.0 Å². The highest BCUT2D eigenvalue weighted by Crippen LogP contribution is 2.19. The zero-order valence-electron chi connectivity index (χ0n) is 17.8. The van der Waals surface area contributed by atoms with Crippen LogP contribution in [0.15, 0.2) is 41.3 Å². The number of sulfone groups is 1. The summed E-state index contributed by atoms with van der Waals surface area (Å²) in [5.74, 6) is -0.457. The summed E-state index contributed by atoms with van der Waals surface area (Å²) in [5, 5.41) is 11.9. The maximum Gasteiger partial charge on any atom is 0.313 e. The lowest BCUT2D eigenvalue weighted by atomic mass is 10.0. The van der Waals surface area contributed by atoms with Crippen LogP contribution in [0.25, 0.3) is 11.8 Å². The van der Waals surface area contributed by atoms with Crippen molar-refractivity contribution in [2.45, 2.75) is 63.3 Å². The van der Waals surface area contributed by atoms with Crippen molar-refractivity contribution in [1.29, 1.82) is 0 Å². The van der Waals surface area contributed by atoms with Crippen molar-refractivity contribution in [3.05, 3.63) is 52.7 Å². The second-order valence-electron chi connectivity index (χ2n) is 8.16. The van der Waals surface area contributed by atoms with Crippen LogP contribution in [0.3, 0.4) is 0 Å². The topological polar surface area (TPSA) is 85.6 Å². The van der Waals surface area contributed by atoms with E-state index in [1.165, 1.54) is 12.1 Å². The monoisotopic (exact) mass is 431 g/mol. The Hall–Kier alpha value is -2.54. The van der Waals surface area contributed by atoms with E-state index in [1.807, 2.05) is 36.6 Å². The Bertz CT molecular complexity index is 1140. The number of hydrogen-bond donors (Lipinski definition) is 1. The lowest BCUT2D eigenvalue weighted by Gasteiger charge is -2.13. The van der Waals surface area contributed by atoms with Crippen LogP contribution in [0.4, 0.5) is 0 Å². The number of esters is 1. The molecule has 0 bridgehead atoms. The van der Waals surface area contributed by atoms with Crippen molar-refractivity contribution in [1.82, 2.24) is 4.57 Å². The van der Waals surface area contributed by atoms with Gasteiger partial charge in [0, 0.05) is 17.5 Å². The van der Waals surface area contributed by atoms with Gasteiger partial charge < -0.3 is 14.4 Å². The summed E-state index contributed by atoms with van der Waals surface area (Å²) in [7, 11) is -3.36. The third-order valence-electron chi connectivity index (χ3n) is 5.26. The van der Waals surface area contributed by atoms with E-state index < -0.39 is 15.1 Å². The first-order valence-electron chi connectivity index (χ1n) is 10.3. The second-order valence-corrected chi connectivity index (χ2v) is 10.7. The summed E-state index contributed by atoms with van der Waals surface area (Å²) >= 11 is 0. The minimum absolute atomic E-state index is 0.0753. The molecular weight excluding hydrogens is 402 g/mol. The molecule has 6 nitrogen and oxygen atoms in total. The molecule has 30 heavy (non-hydrogen) atoms. The molecule has 1 atom stereocenters. The predicted molar refractivity (Wildman–Crippen MR) is 116 cm³/mol. The lowest BCUT2D eigenvalue weighted by molar-refractivity contribution is -0.150. The molecular formula is C23H29NO5S. The molecule has 1 aliphatic rings. The number of benzene rings is 1. The molecule has 2 aromatic rings. The van der Waals surface area contributed by atoms with Crippen LogP contribution in [0.5, 0.6) is 0 Å². The molecule has 1 aromatic carbocycles. The molecule has 162 valence electrons. The first-order chi connectivity index (χ1) is 14.1. The molecule has 1 N–H and O–H groups in total. The second kappa shape index (κ2) is 8.68. The number of carbonyl (C=O) groups is 1. The van der Waals surface area contributed by atoms with Crippen LogP contribution in [0.2, 0.25) is 0 Å². The molecule has 0 aliphatic carbocycles. The third-order valence-corrected chi connectivity index (χ3v) is 7.43. The van der Waals surface area contributed by atoms with Crippen molar-refractivity contribution in [2.24, 2.45) is 5.92 Å². The number of aliphatic hydroxyl groups is 1. The molecule has 0 saturated heterocycles. The fourth-order valence-corrected chi connectivity index (χ4v) is 4.63. The van der Waals surface area contributed by atoms with Gasteiger partial charge in [0.15, 0.2) is 9.84 Å². The van der Waals surface area contributed by atoms with Gasteiger partial charge in [-0.3, -0.25) is 4.79 Å². The zero-order chi connectivity index (χ0) is 22.1. The van der Waals surface area contributed by atoms with Gasteiger partial charge in [-0.15, -0.1) is 0 Å². The summed E-state index contributed by atoms with van der Waals surface area (Å²) in [6.07, 6.45) is 3.21. The molecule has 2 heterocycles. The number of rotatable bonds is 5. The zero-order valence-corrected chi connectivity index (χ0v) is 18.6. The summed E-state index contributed by atoms with van der Waals surface area (Å²) in [6.45, 7) is 7.62. The lowest BCUT2D eigenvalue weighted by Crippen LogP contribution is -2.28. The van der Waals surface area contributed by atoms with Crippen LogP contribution >= 0.6 is 0 Å². The van der Waals surface area contributed by atoms with Crippen molar-refractivity contribution in [2.75, 3.05) is 0 Å². The van der Waals surface area contributed by atoms with E-state index in [9.17, 15) is 18.3 Å². The Labute approximate surface area is 177 Å². The molecule has 7 heteroatoms. The number of carbonyl (C=O) groups excluding carboxylic acids is 1. The minimum atomic E-state index is -3.36. The standard InChI is InChI=1S/C23H29NO5S/c1-15(2)29-23(26)18-6-5-13-24-19(14-18)9-12-21(24)22(25)17-7-10-20(11-8-17)30(27,28)16(3)4/h7-12,14-16,18,25H,5-6,13H2,1-4H3. The average molecular weight is 432 g/mol. The van der Waals surface area contributed by atoms with Crippen LogP contribution in [-0.4, -0.2) is 35.4 Å². The highest BCUT2D eigenvalue weighted by molar-refractivity contribution is 7.92. The Kier molecular flexibility index (Phi) is 6.41. The van der Waals surface area contributed by atoms with Gasteiger partial charge in [0.2, 0.25) is 0 Å². The van der Waals surface area contributed by atoms with Crippen molar-refractivity contribution < 1.29 is 23.1 Å². The highest BCUT2D eigenvalue weighted by atomic mass is 32.2. The normalized spacial score (nSPS) is 17.9. The molecule has 1 aliphatic heterocycles. The Morgan fingerprint density at radius 2 is 1.77 bits per heavy atom. The van der Waals surface area contributed by atoms with Gasteiger partial charge in [0.25, 0.3) is 0 Å². The van der Waals surface area contributed by atoms with Gasteiger partial charge in [0.1, 0.15) is 5.76 Å². The molecule has 0 fully saturated rings. The Morgan fingerprint density at radius 3 is 2.37 bits per heavy atom. The molecule has 0 saturated carbocycles. The summed E-state index contributed by atoms with van der Waals surface area (Å²) < 4.78 is 32.0. The summed E-state index contributed by atoms with van der Waals surface area (Å²) in [4.78, 5) is 12.6. The molecule has 1 unspecified atom stereocenters. The molecule has 0 radical (unpaired) electrons. The molecule has 0 spiro atoms. The number of aliphatic hydroxyl groups excluding tert-OH is 1. The fraction of sp³-hybridized carbons (Fsp3) is 0.435. The van der Waals surface area contributed by atoms with Crippen LogP contribution < -0.4 is 10.7 Å². The van der Waals surface area contributed by atoms with Crippen LogP contribution in [0.1, 0.15) is 46.1 Å². The van der Waals surface area contributed by atoms with Gasteiger partial charge in [-0.1, -0.05) is 0 Å². The number of aromatic nitrogens is 1. The number of ether oxygens (including phenoxy) is 1. The van der Waals surface area contributed by atoms with Gasteiger partial charge in [0.05, 0.1) is 27.5 Å². The van der Waals surface area contributed by atoms with Gasteiger partial charge in [-0.2, -0.15) is 0 Å². The maximum absolute atomic E-state index is 12.3. The number of fused-ring (bicyclic) bond motifs is 1. The smallest absolute Gasteiger partial charge is 0.313 e. The van der Waals surface area contributed by atoms with E-state index in [-0.39, 0.29) is 28.6 Å². The average Bonchev–Trinajstić information content (AvgIpc) is 2.96. The van der Waals surface area contributed by atoms with E-state index in [4.69, 9.17) is 4.74 Å². The first-order valence-corrected chi connectivity index (χ1v) is 11.8. The third kappa shape index (κ3) is 4.46. The largest absolute Gasteiger partial charge is 0.505 e. The molecule has 3 rings (SSSR count). The van der Waals surface area contributed by atoms with E-state index in [2.05, 4.69) is 0 Å². The Balaban J connectivity index is 1.99. The fourth-order valence-electron chi connectivity index (χ4n) is 3.57. The molecule has 0 amide bonds. The van der Waals surface area contributed by atoms with Crippen molar-refractivity contribution in [3.8, 4) is 0 Å². The highest BCUT2D eigenvalue weighted by Gasteiger charge is 2.22. The summed E-state index contributed by atoms with van der Waals surface area (Å²) in [6, 6.07) is 9.98. The number of nitrogens with zero attached hydrogens (tertiary/aromatic N) is 1. The number of hydrogen-bond acceptors (Lipinski definition) is 5. The van der Waals surface area contributed by atoms with E-state index >= 15 is 0 Å². The quantitative estimate of drug-likeness (QED) is 0.736. The SMILES string of the molecule is CC(C)OC(=O)C1C=c2ccc(=C(O)c3ccc(S(=O)(=O)C(C)C)cc3)n2CCC1. The van der Waals surface area contributed by atoms with Gasteiger partial charge in [-0.25, -0.2) is 8.42 Å². The van der Waals surface area contributed by atoms with E-state index in [0.717, 1.165) is 11.8 Å². The summed E-state index contributed by atoms with van der Waals surface area (Å²) in [5.41, 5.74) is 0.540. The minimum Gasteiger partial charge on any atom is -0.505 e. The predicted octanol–water partition coefficient (Wildman–Crippen LogP) is 2.53. The first kappa shape index (κ1) is 22.2. The maximum atomic E-state index is 12.3. The Morgan fingerprint density at radius 1 is 1.10 bits per heavy atom. The van der Waals surface area contributed by atoms with Crippen molar-refractivity contribution >= 4 is 27.6 Å². The van der Waals surface area contributed by atoms with Crippen LogP contribution in [0, 0.1) is 5.92 Å². The van der Waals surface area contributed by atoms with Crippen LogP contribution in [-0.2, 0) is 25.9 Å². The van der Waals surface area contributed by atoms with Crippen molar-refractivity contribution in [3.63, 3.8) is 0 Å².